The van der Waals surface area contributed by atoms with E-state index in [1.54, 1.807) is 11.3 Å². The summed E-state index contributed by atoms with van der Waals surface area (Å²) < 4.78 is 12.0. The lowest BCUT2D eigenvalue weighted by atomic mass is 10.1. The van der Waals surface area contributed by atoms with Gasteiger partial charge in [-0.3, -0.25) is 9.69 Å². The Morgan fingerprint density at radius 3 is 2.44 bits per heavy atom. The minimum atomic E-state index is -0.0568. The molecule has 0 aliphatic carbocycles. The molecule has 7 heteroatoms. The highest BCUT2D eigenvalue weighted by Crippen LogP contribution is 2.29. The summed E-state index contributed by atoms with van der Waals surface area (Å²) in [6.07, 6.45) is 0. The Morgan fingerprint density at radius 1 is 0.938 bits per heavy atom. The molecule has 0 radical (unpaired) electrons. The van der Waals surface area contributed by atoms with Crippen molar-refractivity contribution in [3.63, 3.8) is 0 Å². The smallest absolute Gasteiger partial charge is 0.290 e. The van der Waals surface area contributed by atoms with Crippen molar-refractivity contribution in [1.29, 1.82) is 0 Å². The van der Waals surface area contributed by atoms with Crippen LogP contribution in [0.1, 0.15) is 21.0 Å². The zero-order chi connectivity index (χ0) is 21.0. The van der Waals surface area contributed by atoms with E-state index in [-0.39, 0.29) is 18.3 Å². The van der Waals surface area contributed by atoms with E-state index in [1.165, 1.54) is 4.88 Å². The summed E-state index contributed by atoms with van der Waals surface area (Å²) in [4.78, 5) is 19.0. The van der Waals surface area contributed by atoms with Gasteiger partial charge in [0.1, 0.15) is 17.9 Å². The first-order chi connectivity index (χ1) is 15.3. The topological polar surface area (TPSA) is 45.9 Å². The van der Waals surface area contributed by atoms with Crippen molar-refractivity contribution in [2.75, 3.05) is 26.2 Å². The fourth-order valence-corrected chi connectivity index (χ4v) is 4.71. The van der Waals surface area contributed by atoms with Gasteiger partial charge in [0.15, 0.2) is 5.76 Å². The molecule has 0 spiro atoms. The van der Waals surface area contributed by atoms with E-state index < -0.39 is 0 Å². The Hall–Kier alpha value is -2.80. The van der Waals surface area contributed by atoms with E-state index in [2.05, 4.69) is 22.4 Å². The van der Waals surface area contributed by atoms with E-state index in [9.17, 15) is 4.79 Å². The molecule has 166 valence electrons. The molecule has 2 aromatic carbocycles. The maximum atomic E-state index is 13.4. The molecule has 0 bridgehead atoms. The molecule has 0 saturated carbocycles. The van der Waals surface area contributed by atoms with Crippen LogP contribution < -0.4 is 4.74 Å². The summed E-state index contributed by atoms with van der Waals surface area (Å²) in [5.41, 5.74) is 1.53. The van der Waals surface area contributed by atoms with Crippen LogP contribution in [0.4, 0.5) is 0 Å². The van der Waals surface area contributed by atoms with E-state index in [4.69, 9.17) is 9.15 Å². The number of benzene rings is 2. The largest absolute Gasteiger partial charge is 0.489 e. The second kappa shape index (κ2) is 10.2. The molecule has 1 saturated heterocycles. The van der Waals surface area contributed by atoms with Crippen LogP contribution in [-0.4, -0.2) is 41.9 Å². The number of hydrogen-bond acceptors (Lipinski definition) is 5. The van der Waals surface area contributed by atoms with Gasteiger partial charge in [-0.25, -0.2) is 0 Å². The molecule has 5 nitrogen and oxygen atoms in total. The molecule has 32 heavy (non-hydrogen) atoms. The summed E-state index contributed by atoms with van der Waals surface area (Å²) >= 11 is 1.78. The number of nitrogens with zero attached hydrogens (tertiary/aromatic N) is 2. The first-order valence-electron chi connectivity index (χ1n) is 10.5. The number of halogens is 1. The minimum absolute atomic E-state index is 0. The van der Waals surface area contributed by atoms with Crippen molar-refractivity contribution in [1.82, 2.24) is 9.80 Å². The lowest BCUT2D eigenvalue weighted by molar-refractivity contribution is 0.0597. The molecule has 5 rings (SSSR count). The van der Waals surface area contributed by atoms with Crippen LogP contribution in [0.5, 0.6) is 5.75 Å². The average Bonchev–Trinajstić information content (AvgIpc) is 3.46. The van der Waals surface area contributed by atoms with Crippen molar-refractivity contribution in [2.45, 2.75) is 13.2 Å². The first-order valence-corrected chi connectivity index (χ1v) is 11.4. The van der Waals surface area contributed by atoms with Gasteiger partial charge in [0, 0.05) is 48.6 Å². The van der Waals surface area contributed by atoms with Crippen molar-refractivity contribution in [3.05, 3.63) is 88.3 Å². The Labute approximate surface area is 197 Å². The molecule has 2 aromatic heterocycles. The van der Waals surface area contributed by atoms with Gasteiger partial charge in [0.25, 0.3) is 5.91 Å². The second-order valence-corrected chi connectivity index (χ2v) is 8.69. The first kappa shape index (κ1) is 22.4. The molecule has 1 aliphatic rings. The third-order valence-electron chi connectivity index (χ3n) is 5.64. The molecular formula is C25H25ClN2O3S. The number of thiophene rings is 1. The third kappa shape index (κ3) is 4.83. The predicted molar refractivity (Wildman–Crippen MR) is 130 cm³/mol. The van der Waals surface area contributed by atoms with E-state index in [0.717, 1.165) is 36.3 Å². The SMILES string of the molecule is Cl.O=C(c1oc2ccccc2c1COc1ccccc1)N1CCN(Cc2cccs2)CC1. The van der Waals surface area contributed by atoms with Crippen LogP contribution in [0.3, 0.4) is 0 Å². The molecule has 1 fully saturated rings. The summed E-state index contributed by atoms with van der Waals surface area (Å²) in [6, 6.07) is 21.7. The monoisotopic (exact) mass is 468 g/mol. The van der Waals surface area contributed by atoms with Crippen molar-refractivity contribution >= 4 is 40.6 Å². The summed E-state index contributed by atoms with van der Waals surface area (Å²) in [5, 5.41) is 3.04. The second-order valence-electron chi connectivity index (χ2n) is 7.66. The number of amides is 1. The molecule has 1 amide bonds. The van der Waals surface area contributed by atoms with Crippen LogP contribution >= 0.6 is 23.7 Å². The van der Waals surface area contributed by atoms with E-state index in [1.807, 2.05) is 59.5 Å². The highest BCUT2D eigenvalue weighted by Gasteiger charge is 2.28. The Bertz CT molecular complexity index is 1150. The predicted octanol–water partition coefficient (Wildman–Crippen LogP) is 5.45. The maximum Gasteiger partial charge on any atom is 0.290 e. The van der Waals surface area contributed by atoms with Gasteiger partial charge in [0.2, 0.25) is 0 Å². The van der Waals surface area contributed by atoms with Crippen LogP contribution in [0, 0.1) is 0 Å². The van der Waals surface area contributed by atoms with E-state index >= 15 is 0 Å². The quantitative estimate of drug-likeness (QED) is 0.377. The van der Waals surface area contributed by atoms with Gasteiger partial charge in [0.05, 0.1) is 0 Å². The molecule has 3 heterocycles. The highest BCUT2D eigenvalue weighted by molar-refractivity contribution is 7.09. The summed E-state index contributed by atoms with van der Waals surface area (Å²) in [5.74, 6) is 1.11. The van der Waals surface area contributed by atoms with Crippen LogP contribution in [0.2, 0.25) is 0 Å². The van der Waals surface area contributed by atoms with Crippen molar-refractivity contribution < 1.29 is 13.9 Å². The molecule has 0 N–H and O–H groups in total. The Balaban J connectivity index is 0.00000245. The molecular weight excluding hydrogens is 444 g/mol. The van der Waals surface area contributed by atoms with Gasteiger partial charge < -0.3 is 14.1 Å². The van der Waals surface area contributed by atoms with Gasteiger partial charge in [-0.2, -0.15) is 0 Å². The van der Waals surface area contributed by atoms with Gasteiger partial charge >= 0.3 is 0 Å². The molecule has 0 atom stereocenters. The minimum Gasteiger partial charge on any atom is -0.489 e. The Kier molecular flexibility index (Phi) is 7.15. The third-order valence-corrected chi connectivity index (χ3v) is 6.50. The van der Waals surface area contributed by atoms with Gasteiger partial charge in [-0.15, -0.1) is 23.7 Å². The van der Waals surface area contributed by atoms with Crippen LogP contribution in [0.15, 0.2) is 76.5 Å². The standard InChI is InChI=1S/C25H24N2O3S.ClH/c28-25(27-14-12-26(13-15-27)17-20-9-6-16-31-20)24-22(18-29-19-7-2-1-3-8-19)21-10-4-5-11-23(21)30-24;/h1-11,16H,12-15,17-18H2;1H. The number of hydrogen-bond donors (Lipinski definition) is 0. The van der Waals surface area contributed by atoms with Crippen molar-refractivity contribution in [3.8, 4) is 5.75 Å². The number of rotatable bonds is 6. The van der Waals surface area contributed by atoms with Crippen molar-refractivity contribution in [2.24, 2.45) is 0 Å². The molecule has 1 aliphatic heterocycles. The Morgan fingerprint density at radius 2 is 1.69 bits per heavy atom. The van der Waals surface area contributed by atoms with Gasteiger partial charge in [-0.1, -0.05) is 42.5 Å². The van der Waals surface area contributed by atoms with Crippen LogP contribution in [0.25, 0.3) is 11.0 Å². The van der Waals surface area contributed by atoms with Crippen LogP contribution in [-0.2, 0) is 13.2 Å². The fourth-order valence-electron chi connectivity index (χ4n) is 3.96. The lowest BCUT2D eigenvalue weighted by Crippen LogP contribution is -2.48. The number of para-hydroxylation sites is 2. The summed E-state index contributed by atoms with van der Waals surface area (Å²) in [6.45, 7) is 4.35. The zero-order valence-corrected chi connectivity index (χ0v) is 19.2. The van der Waals surface area contributed by atoms with Gasteiger partial charge in [-0.05, 0) is 29.6 Å². The summed E-state index contributed by atoms with van der Waals surface area (Å²) in [7, 11) is 0. The highest BCUT2D eigenvalue weighted by atomic mass is 35.5. The fraction of sp³-hybridized carbons (Fsp3) is 0.240. The lowest BCUT2D eigenvalue weighted by Gasteiger charge is -2.34. The molecule has 4 aromatic rings. The normalized spacial score (nSPS) is 14.3. The zero-order valence-electron chi connectivity index (χ0n) is 17.6. The van der Waals surface area contributed by atoms with E-state index in [0.29, 0.717) is 31.0 Å². The number of carbonyl (C=O) groups is 1. The number of furan rings is 1. The number of fused-ring (bicyclic) bond motifs is 1. The molecule has 0 unspecified atom stereocenters. The number of ether oxygens (including phenoxy) is 1. The number of piperazine rings is 1. The maximum absolute atomic E-state index is 13.4. The number of carbonyl (C=O) groups excluding carboxylic acids is 1. The average molecular weight is 469 g/mol.